The number of carboxylic acids is 1. The van der Waals surface area contributed by atoms with E-state index in [1.807, 2.05) is 0 Å². The molecule has 1 aromatic carbocycles. The van der Waals surface area contributed by atoms with E-state index in [2.05, 4.69) is 21.8 Å². The van der Waals surface area contributed by atoms with Gasteiger partial charge in [0.2, 0.25) is 5.16 Å². The number of ether oxygens (including phenoxy) is 1. The van der Waals surface area contributed by atoms with Crippen LogP contribution in [-0.2, 0) is 4.79 Å². The van der Waals surface area contributed by atoms with Crippen LogP contribution in [0.1, 0.15) is 11.4 Å². The van der Waals surface area contributed by atoms with Crippen LogP contribution in [0.3, 0.4) is 0 Å². The van der Waals surface area contributed by atoms with E-state index in [1.54, 1.807) is 43.3 Å². The second-order valence-corrected chi connectivity index (χ2v) is 5.30. The zero-order valence-electron chi connectivity index (χ0n) is 11.9. The highest BCUT2D eigenvalue weighted by molar-refractivity contribution is 8.04. The van der Waals surface area contributed by atoms with Crippen LogP contribution in [0.5, 0.6) is 5.75 Å². The third-order valence-corrected chi connectivity index (χ3v) is 3.39. The lowest BCUT2D eigenvalue weighted by Crippen LogP contribution is -1.97. The van der Waals surface area contributed by atoms with Gasteiger partial charge in [-0.1, -0.05) is 24.8 Å². The molecule has 114 valence electrons. The summed E-state index contributed by atoms with van der Waals surface area (Å²) in [7, 11) is 0. The predicted molar refractivity (Wildman–Crippen MR) is 84.7 cm³/mol. The fraction of sp³-hybridized carbons (Fsp3) is 0.133. The lowest BCUT2D eigenvalue weighted by Gasteiger charge is -2.04. The normalized spacial score (nSPS) is 11.2. The van der Waals surface area contributed by atoms with E-state index in [1.165, 1.54) is 0 Å². The van der Waals surface area contributed by atoms with Crippen LogP contribution in [0.4, 0.5) is 0 Å². The summed E-state index contributed by atoms with van der Waals surface area (Å²) in [5, 5.41) is 16.3. The molecule has 0 amide bonds. The number of carbonyl (C=O) groups is 1. The van der Waals surface area contributed by atoms with Crippen molar-refractivity contribution in [2.45, 2.75) is 12.1 Å². The number of aliphatic carboxylic acids is 1. The molecular weight excluding hydrogens is 302 g/mol. The maximum Gasteiger partial charge on any atom is 0.342 e. The largest absolute Gasteiger partial charge is 0.490 e. The van der Waals surface area contributed by atoms with Gasteiger partial charge in [0.05, 0.1) is 0 Å². The van der Waals surface area contributed by atoms with Gasteiger partial charge < -0.3 is 9.84 Å². The van der Waals surface area contributed by atoms with E-state index in [-0.39, 0.29) is 4.91 Å². The van der Waals surface area contributed by atoms with Gasteiger partial charge in [-0.2, -0.15) is 0 Å². The number of nitrogens with one attached hydrogen (secondary N) is 1. The SMILES string of the molecule is C=CCOc1cccc(/C=C(\Sc2n[nH]c(C)n2)C(=O)O)c1. The molecule has 1 aromatic heterocycles. The van der Waals surface area contributed by atoms with E-state index in [0.717, 1.165) is 17.3 Å². The predicted octanol–water partition coefficient (Wildman–Crippen LogP) is 2.90. The number of H-pyrrole nitrogens is 1. The molecule has 0 bridgehead atoms. The second-order valence-electron chi connectivity index (χ2n) is 4.29. The van der Waals surface area contributed by atoms with Crippen molar-refractivity contribution in [2.24, 2.45) is 0 Å². The fourth-order valence-corrected chi connectivity index (χ4v) is 2.35. The smallest absolute Gasteiger partial charge is 0.342 e. The van der Waals surface area contributed by atoms with Crippen molar-refractivity contribution in [3.05, 3.63) is 53.2 Å². The third kappa shape index (κ3) is 4.49. The Kier molecular flexibility index (Phi) is 5.37. The Labute approximate surface area is 131 Å². The van der Waals surface area contributed by atoms with E-state index >= 15 is 0 Å². The standard InChI is InChI=1S/C15H15N3O3S/c1-3-7-21-12-6-4-5-11(8-12)9-13(14(19)20)22-15-16-10(2)17-18-15/h3-6,8-9H,1,7H2,2H3,(H,19,20)(H,16,17,18)/b13-9-. The molecule has 0 aliphatic heterocycles. The average Bonchev–Trinajstić information content (AvgIpc) is 2.90. The molecular formula is C15H15N3O3S. The Morgan fingerprint density at radius 2 is 2.36 bits per heavy atom. The summed E-state index contributed by atoms with van der Waals surface area (Å²) in [5.74, 6) is 0.244. The third-order valence-electron chi connectivity index (χ3n) is 2.51. The van der Waals surface area contributed by atoms with Crippen molar-refractivity contribution in [3.8, 4) is 5.75 Å². The molecule has 0 saturated heterocycles. The molecule has 22 heavy (non-hydrogen) atoms. The minimum Gasteiger partial charge on any atom is -0.490 e. The van der Waals surface area contributed by atoms with E-state index in [4.69, 9.17) is 4.74 Å². The van der Waals surface area contributed by atoms with Crippen molar-refractivity contribution < 1.29 is 14.6 Å². The second kappa shape index (κ2) is 7.46. The molecule has 2 rings (SSSR count). The van der Waals surface area contributed by atoms with E-state index in [0.29, 0.717) is 23.3 Å². The number of aromatic amines is 1. The maximum atomic E-state index is 11.4. The average molecular weight is 317 g/mol. The molecule has 0 radical (unpaired) electrons. The van der Waals surface area contributed by atoms with Crippen LogP contribution in [0.25, 0.3) is 6.08 Å². The van der Waals surface area contributed by atoms with Crippen molar-refractivity contribution >= 4 is 23.8 Å². The number of hydrogen-bond donors (Lipinski definition) is 2. The number of rotatable bonds is 7. The maximum absolute atomic E-state index is 11.4. The topological polar surface area (TPSA) is 88.1 Å². The van der Waals surface area contributed by atoms with E-state index in [9.17, 15) is 9.90 Å². The van der Waals surface area contributed by atoms with Crippen molar-refractivity contribution in [3.63, 3.8) is 0 Å². The quantitative estimate of drug-likeness (QED) is 0.464. The molecule has 6 nitrogen and oxygen atoms in total. The number of aryl methyl sites for hydroxylation is 1. The molecule has 0 fully saturated rings. The Bertz CT molecular complexity index is 710. The fourth-order valence-electron chi connectivity index (χ4n) is 1.60. The van der Waals surface area contributed by atoms with Gasteiger partial charge in [-0.15, -0.1) is 5.10 Å². The van der Waals surface area contributed by atoms with Crippen molar-refractivity contribution in [1.82, 2.24) is 15.2 Å². The summed E-state index contributed by atoms with van der Waals surface area (Å²) in [6.07, 6.45) is 3.20. The molecule has 1 heterocycles. The Morgan fingerprint density at radius 3 is 3.00 bits per heavy atom. The molecule has 0 aliphatic carbocycles. The van der Waals surface area contributed by atoms with Gasteiger partial charge in [-0.3, -0.25) is 5.10 Å². The van der Waals surface area contributed by atoms with Gasteiger partial charge in [-0.25, -0.2) is 9.78 Å². The number of thioether (sulfide) groups is 1. The van der Waals surface area contributed by atoms with Crippen molar-refractivity contribution in [2.75, 3.05) is 6.61 Å². The zero-order valence-corrected chi connectivity index (χ0v) is 12.8. The van der Waals surface area contributed by atoms with E-state index < -0.39 is 5.97 Å². The summed E-state index contributed by atoms with van der Waals surface area (Å²) in [6, 6.07) is 7.15. The van der Waals surface area contributed by atoms with Gasteiger partial charge in [0, 0.05) is 0 Å². The van der Waals surface area contributed by atoms with Crippen LogP contribution in [-0.4, -0.2) is 32.9 Å². The summed E-state index contributed by atoms with van der Waals surface area (Å²) < 4.78 is 5.43. The van der Waals surface area contributed by atoms with Crippen molar-refractivity contribution in [1.29, 1.82) is 0 Å². The minimum absolute atomic E-state index is 0.125. The first-order valence-corrected chi connectivity index (χ1v) is 7.25. The number of carboxylic acid groups (broad SMARTS) is 1. The lowest BCUT2D eigenvalue weighted by atomic mass is 10.2. The number of nitrogens with zero attached hydrogens (tertiary/aromatic N) is 2. The Hall–Kier alpha value is -2.54. The van der Waals surface area contributed by atoms with Gasteiger partial charge in [0.1, 0.15) is 23.1 Å². The molecule has 2 N–H and O–H groups in total. The molecule has 2 aromatic rings. The summed E-state index contributed by atoms with van der Waals surface area (Å²) in [6.45, 7) is 5.73. The summed E-state index contributed by atoms with van der Waals surface area (Å²) in [5.41, 5.74) is 0.721. The van der Waals surface area contributed by atoms with Gasteiger partial charge >= 0.3 is 5.97 Å². The Balaban J connectivity index is 2.22. The van der Waals surface area contributed by atoms with Crippen LogP contribution in [0.2, 0.25) is 0 Å². The van der Waals surface area contributed by atoms with Crippen LogP contribution in [0, 0.1) is 6.92 Å². The monoisotopic (exact) mass is 317 g/mol. The minimum atomic E-state index is -1.04. The van der Waals surface area contributed by atoms with Crippen LogP contribution in [0.15, 0.2) is 47.0 Å². The number of aromatic nitrogens is 3. The van der Waals surface area contributed by atoms with Gasteiger partial charge in [-0.05, 0) is 42.5 Å². The van der Waals surface area contributed by atoms with Gasteiger partial charge in [0.25, 0.3) is 0 Å². The Morgan fingerprint density at radius 1 is 1.55 bits per heavy atom. The molecule has 0 unspecified atom stereocenters. The lowest BCUT2D eigenvalue weighted by molar-refractivity contribution is -0.131. The van der Waals surface area contributed by atoms with Crippen LogP contribution < -0.4 is 4.74 Å². The van der Waals surface area contributed by atoms with Crippen LogP contribution >= 0.6 is 11.8 Å². The molecule has 0 spiro atoms. The van der Waals surface area contributed by atoms with Gasteiger partial charge in [0.15, 0.2) is 0 Å². The molecule has 0 aliphatic rings. The highest BCUT2D eigenvalue weighted by atomic mass is 32.2. The summed E-state index contributed by atoms with van der Waals surface area (Å²) >= 11 is 0.987. The molecule has 7 heteroatoms. The first-order valence-electron chi connectivity index (χ1n) is 6.44. The zero-order chi connectivity index (χ0) is 15.9. The first kappa shape index (κ1) is 15.8. The highest BCUT2D eigenvalue weighted by Gasteiger charge is 2.13. The first-order chi connectivity index (χ1) is 10.6. The number of hydrogen-bond acceptors (Lipinski definition) is 5. The molecule has 0 saturated carbocycles. The molecule has 0 atom stereocenters. The highest BCUT2D eigenvalue weighted by Crippen LogP contribution is 2.26. The summed E-state index contributed by atoms with van der Waals surface area (Å²) in [4.78, 5) is 15.6. The number of benzene rings is 1.